The Bertz CT molecular complexity index is 1120. The van der Waals surface area contributed by atoms with E-state index in [4.69, 9.17) is 25.8 Å². The van der Waals surface area contributed by atoms with Crippen molar-refractivity contribution < 1.29 is 28.6 Å². The summed E-state index contributed by atoms with van der Waals surface area (Å²) < 4.78 is 15.6. The topological polar surface area (TPSA) is 123 Å². The van der Waals surface area contributed by atoms with Crippen LogP contribution in [0.1, 0.15) is 45.6 Å². The van der Waals surface area contributed by atoms with Crippen molar-refractivity contribution >= 4 is 35.5 Å². The van der Waals surface area contributed by atoms with E-state index in [1.54, 1.807) is 36.3 Å². The molecule has 0 radical (unpaired) electrons. The summed E-state index contributed by atoms with van der Waals surface area (Å²) >= 11 is 6.04. The number of amides is 2. The summed E-state index contributed by atoms with van der Waals surface area (Å²) in [5.74, 6) is -0.466. The molecular weight excluding hydrogens is 476 g/mol. The molecule has 0 aliphatic carbocycles. The van der Waals surface area contributed by atoms with Gasteiger partial charge in [0, 0.05) is 31.8 Å². The molecule has 0 unspecified atom stereocenters. The molecule has 1 aromatic carbocycles. The van der Waals surface area contributed by atoms with Crippen LogP contribution in [0, 0.1) is 0 Å². The van der Waals surface area contributed by atoms with Gasteiger partial charge in [0.05, 0.1) is 37.6 Å². The maximum Gasteiger partial charge on any atom is 0.337 e. The van der Waals surface area contributed by atoms with E-state index in [1.807, 2.05) is 6.92 Å². The van der Waals surface area contributed by atoms with E-state index in [9.17, 15) is 14.4 Å². The number of esters is 1. The number of carbonyl (C=O) groups excluding carboxylic acids is 3. The Morgan fingerprint density at radius 1 is 1.29 bits per heavy atom. The number of H-pyrrole nitrogens is 1. The standard InChI is InChI=1S/C24H29ClN4O6/c1-5-16-21(25)28-22(26-16)23(31)27-17-10-11-29(13-19(17)34-3)20(30)9-8-14-6-7-15(24(32)35-4)12-18(14)33-2/h6-9,12,17,19H,5,10-11,13H2,1-4H3,(H,26,28)(H,27,31)/b9-8+/t17-,19+/m1/s1. The average molecular weight is 505 g/mol. The normalized spacial score (nSPS) is 17.9. The lowest BCUT2D eigenvalue weighted by Crippen LogP contribution is -2.55. The van der Waals surface area contributed by atoms with Crippen molar-refractivity contribution in [3.8, 4) is 5.75 Å². The predicted octanol–water partition coefficient (Wildman–Crippen LogP) is 2.48. The van der Waals surface area contributed by atoms with Crippen molar-refractivity contribution in [3.05, 3.63) is 52.1 Å². The lowest BCUT2D eigenvalue weighted by Gasteiger charge is -2.37. The summed E-state index contributed by atoms with van der Waals surface area (Å²) in [7, 11) is 4.33. The van der Waals surface area contributed by atoms with Crippen molar-refractivity contribution in [2.24, 2.45) is 0 Å². The first-order valence-electron chi connectivity index (χ1n) is 11.1. The molecule has 10 nitrogen and oxygen atoms in total. The van der Waals surface area contributed by atoms with E-state index in [0.717, 1.165) is 0 Å². The number of hydrogen-bond acceptors (Lipinski definition) is 7. The lowest BCUT2D eigenvalue weighted by molar-refractivity contribution is -0.130. The van der Waals surface area contributed by atoms with Gasteiger partial charge in [-0.2, -0.15) is 0 Å². The minimum Gasteiger partial charge on any atom is -0.496 e. The zero-order valence-corrected chi connectivity index (χ0v) is 20.8. The highest BCUT2D eigenvalue weighted by Gasteiger charge is 2.32. The number of imidazole rings is 1. The molecule has 35 heavy (non-hydrogen) atoms. The van der Waals surface area contributed by atoms with Gasteiger partial charge >= 0.3 is 5.97 Å². The number of ether oxygens (including phenoxy) is 3. The minimum atomic E-state index is -0.476. The molecule has 1 aliphatic heterocycles. The van der Waals surface area contributed by atoms with Crippen LogP contribution < -0.4 is 10.1 Å². The van der Waals surface area contributed by atoms with Gasteiger partial charge in [0.15, 0.2) is 11.0 Å². The van der Waals surface area contributed by atoms with Gasteiger partial charge < -0.3 is 29.4 Å². The average Bonchev–Trinajstić information content (AvgIpc) is 3.27. The van der Waals surface area contributed by atoms with Gasteiger partial charge in [0.2, 0.25) is 5.91 Å². The summed E-state index contributed by atoms with van der Waals surface area (Å²) in [6.45, 7) is 2.66. The molecule has 1 aromatic heterocycles. The van der Waals surface area contributed by atoms with E-state index >= 15 is 0 Å². The Balaban J connectivity index is 1.63. The van der Waals surface area contributed by atoms with Crippen LogP contribution in [0.2, 0.25) is 5.15 Å². The highest BCUT2D eigenvalue weighted by molar-refractivity contribution is 6.30. The third-order valence-electron chi connectivity index (χ3n) is 5.85. The number of rotatable bonds is 8. The third-order valence-corrected chi connectivity index (χ3v) is 6.16. The second-order valence-electron chi connectivity index (χ2n) is 7.92. The lowest BCUT2D eigenvalue weighted by atomic mass is 10.0. The Hall–Kier alpha value is -3.37. The Morgan fingerprint density at radius 3 is 2.69 bits per heavy atom. The largest absolute Gasteiger partial charge is 0.496 e. The zero-order valence-electron chi connectivity index (χ0n) is 20.1. The quantitative estimate of drug-likeness (QED) is 0.418. The molecule has 188 valence electrons. The van der Waals surface area contributed by atoms with Crippen LogP contribution in [0.3, 0.4) is 0 Å². The van der Waals surface area contributed by atoms with E-state index in [0.29, 0.717) is 48.5 Å². The molecule has 3 rings (SSSR count). The number of piperidine rings is 1. The number of hydrogen-bond donors (Lipinski definition) is 2. The van der Waals surface area contributed by atoms with Crippen LogP contribution in [0.25, 0.3) is 6.08 Å². The second-order valence-corrected chi connectivity index (χ2v) is 8.28. The van der Waals surface area contributed by atoms with Crippen LogP contribution >= 0.6 is 11.6 Å². The number of aromatic amines is 1. The molecule has 0 bridgehead atoms. The predicted molar refractivity (Wildman–Crippen MR) is 130 cm³/mol. The van der Waals surface area contributed by atoms with Crippen molar-refractivity contribution in [3.63, 3.8) is 0 Å². The number of methoxy groups -OCH3 is 3. The number of nitrogens with zero attached hydrogens (tertiary/aromatic N) is 2. The highest BCUT2D eigenvalue weighted by Crippen LogP contribution is 2.23. The van der Waals surface area contributed by atoms with Crippen LogP contribution in [0.15, 0.2) is 24.3 Å². The van der Waals surface area contributed by atoms with E-state index in [1.165, 1.54) is 20.3 Å². The summed E-state index contributed by atoms with van der Waals surface area (Å²) in [4.78, 5) is 45.8. The summed E-state index contributed by atoms with van der Waals surface area (Å²) in [5.41, 5.74) is 1.69. The number of halogens is 1. The third kappa shape index (κ3) is 6.20. The van der Waals surface area contributed by atoms with Gasteiger partial charge in [-0.1, -0.05) is 24.6 Å². The summed E-state index contributed by atoms with van der Waals surface area (Å²) in [5, 5.41) is 3.21. The molecule has 2 amide bonds. The molecule has 2 aromatic rings. The number of nitrogens with one attached hydrogen (secondary N) is 2. The maximum absolute atomic E-state index is 12.8. The van der Waals surface area contributed by atoms with Gasteiger partial charge in [-0.15, -0.1) is 0 Å². The van der Waals surface area contributed by atoms with Crippen molar-refractivity contribution in [1.29, 1.82) is 0 Å². The van der Waals surface area contributed by atoms with Gasteiger partial charge in [-0.25, -0.2) is 9.78 Å². The fourth-order valence-corrected chi connectivity index (χ4v) is 4.11. The van der Waals surface area contributed by atoms with Crippen molar-refractivity contribution in [2.45, 2.75) is 31.9 Å². The van der Waals surface area contributed by atoms with Crippen molar-refractivity contribution in [1.82, 2.24) is 20.2 Å². The van der Waals surface area contributed by atoms with Crippen molar-refractivity contribution in [2.75, 3.05) is 34.4 Å². The Morgan fingerprint density at radius 2 is 2.06 bits per heavy atom. The molecule has 0 spiro atoms. The zero-order chi connectivity index (χ0) is 25.5. The first-order valence-corrected chi connectivity index (χ1v) is 11.5. The minimum absolute atomic E-state index is 0.148. The molecule has 1 saturated heterocycles. The molecule has 2 N–H and O–H groups in total. The smallest absolute Gasteiger partial charge is 0.337 e. The van der Waals surface area contributed by atoms with Crippen LogP contribution in [-0.2, 0) is 20.7 Å². The van der Waals surface area contributed by atoms with Gasteiger partial charge in [0.1, 0.15) is 5.75 Å². The van der Waals surface area contributed by atoms with Crippen LogP contribution in [-0.4, -0.2) is 79.2 Å². The Labute approximate surface area is 208 Å². The molecular formula is C24H29ClN4O6. The number of aromatic nitrogens is 2. The highest BCUT2D eigenvalue weighted by atomic mass is 35.5. The second kappa shape index (κ2) is 11.9. The van der Waals surface area contributed by atoms with Gasteiger partial charge in [-0.3, -0.25) is 9.59 Å². The van der Waals surface area contributed by atoms with E-state index < -0.39 is 12.1 Å². The molecule has 11 heteroatoms. The monoisotopic (exact) mass is 504 g/mol. The van der Waals surface area contributed by atoms with Gasteiger partial charge in [0.25, 0.3) is 5.91 Å². The Kier molecular flexibility index (Phi) is 8.89. The van der Waals surface area contributed by atoms with Crippen LogP contribution in [0.4, 0.5) is 0 Å². The molecule has 1 fully saturated rings. The number of carbonyl (C=O) groups is 3. The first-order chi connectivity index (χ1) is 16.8. The fraction of sp³-hybridized carbons (Fsp3) is 0.417. The number of likely N-dealkylation sites (tertiary alicyclic amines) is 1. The number of aryl methyl sites for hydroxylation is 1. The number of benzene rings is 1. The van der Waals surface area contributed by atoms with Gasteiger partial charge in [-0.05, 0) is 31.1 Å². The van der Waals surface area contributed by atoms with Crippen LogP contribution in [0.5, 0.6) is 5.75 Å². The SMILES string of the molecule is CCc1[nH]c(C(=O)N[C@@H]2CCN(C(=O)/C=C/c3ccc(C(=O)OC)cc3OC)C[C@@H]2OC)nc1Cl. The molecule has 2 heterocycles. The molecule has 0 saturated carbocycles. The van der Waals surface area contributed by atoms with E-state index in [-0.39, 0.29) is 28.8 Å². The molecule has 1 aliphatic rings. The molecule has 2 atom stereocenters. The maximum atomic E-state index is 12.8. The summed E-state index contributed by atoms with van der Waals surface area (Å²) in [6, 6.07) is 4.55. The summed E-state index contributed by atoms with van der Waals surface area (Å²) in [6.07, 6.45) is 3.82. The first kappa shape index (κ1) is 26.2. The fourth-order valence-electron chi connectivity index (χ4n) is 3.85. The van der Waals surface area contributed by atoms with E-state index in [2.05, 4.69) is 15.3 Å².